The first-order valence-corrected chi connectivity index (χ1v) is 7.21. The summed E-state index contributed by atoms with van der Waals surface area (Å²) in [6.45, 7) is 1.50. The molecule has 0 aliphatic carbocycles. The number of carbonyl (C=O) groups excluding carboxylic acids is 3. The Kier molecular flexibility index (Phi) is 6.84. The lowest BCUT2D eigenvalue weighted by Gasteiger charge is -2.26. The van der Waals surface area contributed by atoms with Crippen LogP contribution in [-0.4, -0.2) is 48.1 Å². The van der Waals surface area contributed by atoms with E-state index in [1.807, 2.05) is 0 Å². The number of nitrogens with one attached hydrogen (secondary N) is 1. The Hall–Kier alpha value is -2.97. The third-order valence-corrected chi connectivity index (χ3v) is 2.98. The van der Waals surface area contributed by atoms with Crippen LogP contribution < -0.4 is 5.32 Å². The molecule has 0 saturated carbocycles. The van der Waals surface area contributed by atoms with E-state index in [1.165, 1.54) is 26.0 Å². The number of nitrogens with zero attached hydrogens (tertiary/aromatic N) is 1. The van der Waals surface area contributed by atoms with Gasteiger partial charge in [0.2, 0.25) is 6.54 Å². The molecule has 0 unspecified atom stereocenters. The van der Waals surface area contributed by atoms with E-state index in [9.17, 15) is 24.5 Å². The molecule has 0 spiro atoms. The van der Waals surface area contributed by atoms with Gasteiger partial charge in [-0.05, 0) is 26.0 Å². The zero-order valence-corrected chi connectivity index (χ0v) is 13.3. The van der Waals surface area contributed by atoms with E-state index < -0.39 is 34.9 Å². The highest BCUT2D eigenvalue weighted by Gasteiger charge is 2.55. The van der Waals surface area contributed by atoms with Gasteiger partial charge in [0.05, 0.1) is 13.2 Å². The first-order chi connectivity index (χ1) is 11.4. The van der Waals surface area contributed by atoms with Gasteiger partial charge in [0.1, 0.15) is 0 Å². The molecular weight excluding hydrogens is 320 g/mol. The molecule has 0 radical (unpaired) electrons. The molecule has 0 aromatic heterocycles. The summed E-state index contributed by atoms with van der Waals surface area (Å²) in [6, 6.07) is 7.67. The van der Waals surface area contributed by atoms with Gasteiger partial charge < -0.3 is 14.8 Å². The average molecular weight is 338 g/mol. The number of ether oxygens (including phenoxy) is 2. The molecule has 0 heterocycles. The Morgan fingerprint density at radius 1 is 1.08 bits per heavy atom. The van der Waals surface area contributed by atoms with Crippen molar-refractivity contribution in [1.29, 1.82) is 0 Å². The van der Waals surface area contributed by atoms with Gasteiger partial charge in [0, 0.05) is 10.5 Å². The van der Waals surface area contributed by atoms with Crippen molar-refractivity contribution in [2.75, 3.05) is 19.8 Å². The van der Waals surface area contributed by atoms with Crippen LogP contribution in [-0.2, 0) is 19.1 Å². The lowest BCUT2D eigenvalue weighted by molar-refractivity contribution is -0.486. The fraction of sp³-hybridized carbons (Fsp3) is 0.400. The summed E-state index contributed by atoms with van der Waals surface area (Å²) in [5.74, 6) is -3.33. The first-order valence-electron chi connectivity index (χ1n) is 7.21. The second-order valence-electron chi connectivity index (χ2n) is 4.66. The molecule has 0 saturated heterocycles. The van der Waals surface area contributed by atoms with E-state index >= 15 is 0 Å². The number of benzene rings is 1. The predicted octanol–water partition coefficient (Wildman–Crippen LogP) is 0.558. The third-order valence-electron chi connectivity index (χ3n) is 2.98. The van der Waals surface area contributed by atoms with Crippen molar-refractivity contribution in [2.24, 2.45) is 0 Å². The largest absolute Gasteiger partial charge is 0.464 e. The molecule has 1 aromatic rings. The molecule has 24 heavy (non-hydrogen) atoms. The van der Waals surface area contributed by atoms with Crippen LogP contribution in [0.3, 0.4) is 0 Å². The average Bonchev–Trinajstić information content (AvgIpc) is 2.54. The number of amides is 1. The van der Waals surface area contributed by atoms with Crippen molar-refractivity contribution in [3.63, 3.8) is 0 Å². The van der Waals surface area contributed by atoms with Gasteiger partial charge in [0.25, 0.3) is 5.91 Å². The zero-order valence-electron chi connectivity index (χ0n) is 13.3. The van der Waals surface area contributed by atoms with Crippen molar-refractivity contribution in [3.05, 3.63) is 46.0 Å². The van der Waals surface area contributed by atoms with Crippen LogP contribution in [0, 0.1) is 10.1 Å². The van der Waals surface area contributed by atoms with E-state index in [0.717, 1.165) is 0 Å². The van der Waals surface area contributed by atoms with Gasteiger partial charge in [-0.2, -0.15) is 0 Å². The summed E-state index contributed by atoms with van der Waals surface area (Å²) in [7, 11) is 0. The smallest absolute Gasteiger partial charge is 0.350 e. The topological polar surface area (TPSA) is 125 Å². The molecule has 1 N–H and O–H groups in total. The molecule has 1 rings (SSSR count). The highest BCUT2D eigenvalue weighted by molar-refractivity contribution is 6.10. The Morgan fingerprint density at radius 3 is 2.00 bits per heavy atom. The SMILES string of the molecule is CCOC(=O)C(C[N+](=O)[O-])(NC(=O)c1ccccc1)C(=O)OCC. The van der Waals surface area contributed by atoms with Gasteiger partial charge in [-0.25, -0.2) is 9.59 Å². The zero-order chi connectivity index (χ0) is 18.2. The summed E-state index contributed by atoms with van der Waals surface area (Å²) in [6.07, 6.45) is 0. The maximum Gasteiger partial charge on any atom is 0.350 e. The van der Waals surface area contributed by atoms with Crippen LogP contribution in [0.2, 0.25) is 0 Å². The number of nitro groups is 1. The quantitative estimate of drug-likeness (QED) is 0.318. The molecule has 9 heteroatoms. The standard InChI is InChI=1S/C15H18N2O7/c1-3-23-13(19)15(10-17(21)22,14(20)24-4-2)16-12(18)11-8-6-5-7-9-11/h5-9H,3-4,10H2,1-2H3,(H,16,18). The molecule has 0 aliphatic heterocycles. The van der Waals surface area contributed by atoms with Gasteiger partial charge >= 0.3 is 17.5 Å². The van der Waals surface area contributed by atoms with Crippen LogP contribution in [0.15, 0.2) is 30.3 Å². The molecule has 1 aromatic carbocycles. The van der Waals surface area contributed by atoms with Crippen molar-refractivity contribution in [3.8, 4) is 0 Å². The van der Waals surface area contributed by atoms with Gasteiger partial charge in [-0.15, -0.1) is 0 Å². The Balaban J connectivity index is 3.27. The van der Waals surface area contributed by atoms with Crippen LogP contribution >= 0.6 is 0 Å². The molecule has 9 nitrogen and oxygen atoms in total. The molecule has 0 aliphatic rings. The fourth-order valence-electron chi connectivity index (χ4n) is 1.91. The van der Waals surface area contributed by atoms with Crippen molar-refractivity contribution >= 4 is 17.8 Å². The summed E-state index contributed by atoms with van der Waals surface area (Å²) in [5, 5.41) is 13.1. The Bertz CT molecular complexity index is 598. The maximum absolute atomic E-state index is 12.3. The van der Waals surface area contributed by atoms with Crippen molar-refractivity contribution in [2.45, 2.75) is 19.4 Å². The third kappa shape index (κ3) is 4.51. The second kappa shape index (κ2) is 8.61. The van der Waals surface area contributed by atoms with Crippen molar-refractivity contribution in [1.82, 2.24) is 5.32 Å². The van der Waals surface area contributed by atoms with E-state index in [4.69, 9.17) is 9.47 Å². The summed E-state index contributed by atoms with van der Waals surface area (Å²) >= 11 is 0. The van der Waals surface area contributed by atoms with E-state index in [-0.39, 0.29) is 18.8 Å². The maximum atomic E-state index is 12.3. The number of hydrogen-bond acceptors (Lipinski definition) is 7. The number of carbonyl (C=O) groups is 3. The lowest BCUT2D eigenvalue weighted by Crippen LogP contribution is -2.65. The molecule has 0 bridgehead atoms. The second-order valence-corrected chi connectivity index (χ2v) is 4.66. The summed E-state index contributed by atoms with van der Waals surface area (Å²) in [4.78, 5) is 46.9. The summed E-state index contributed by atoms with van der Waals surface area (Å²) in [5.41, 5.74) is -2.43. The van der Waals surface area contributed by atoms with Gasteiger partial charge in [0.15, 0.2) is 0 Å². The monoisotopic (exact) mass is 338 g/mol. The molecule has 130 valence electrons. The number of esters is 2. The van der Waals surface area contributed by atoms with Gasteiger partial charge in [-0.1, -0.05) is 18.2 Å². The molecule has 0 fully saturated rings. The van der Waals surface area contributed by atoms with E-state index in [0.29, 0.717) is 0 Å². The predicted molar refractivity (Wildman–Crippen MR) is 81.8 cm³/mol. The number of rotatable bonds is 8. The van der Waals surface area contributed by atoms with Crippen LogP contribution in [0.5, 0.6) is 0 Å². The minimum absolute atomic E-state index is 0.124. The van der Waals surface area contributed by atoms with Crippen molar-refractivity contribution < 1.29 is 28.8 Å². The Morgan fingerprint density at radius 2 is 1.58 bits per heavy atom. The highest BCUT2D eigenvalue weighted by Crippen LogP contribution is 2.14. The minimum atomic E-state index is -2.55. The highest BCUT2D eigenvalue weighted by atomic mass is 16.6. The molecule has 0 atom stereocenters. The van der Waals surface area contributed by atoms with Crippen LogP contribution in [0.1, 0.15) is 24.2 Å². The van der Waals surface area contributed by atoms with Crippen LogP contribution in [0.4, 0.5) is 0 Å². The minimum Gasteiger partial charge on any atom is -0.464 e. The molecule has 1 amide bonds. The van der Waals surface area contributed by atoms with E-state index in [1.54, 1.807) is 18.2 Å². The normalized spacial score (nSPS) is 10.6. The Labute approximate surface area is 138 Å². The lowest BCUT2D eigenvalue weighted by atomic mass is 9.98. The first kappa shape index (κ1) is 19.1. The van der Waals surface area contributed by atoms with Crippen LogP contribution in [0.25, 0.3) is 0 Å². The van der Waals surface area contributed by atoms with E-state index in [2.05, 4.69) is 5.32 Å². The number of hydrogen-bond donors (Lipinski definition) is 1. The fourth-order valence-corrected chi connectivity index (χ4v) is 1.91. The summed E-state index contributed by atoms with van der Waals surface area (Å²) < 4.78 is 9.51. The van der Waals surface area contributed by atoms with Gasteiger partial charge in [-0.3, -0.25) is 14.9 Å². The molecular formula is C15H18N2O7.